The van der Waals surface area contributed by atoms with Gasteiger partial charge >= 0.3 is 0 Å². The third kappa shape index (κ3) is 4.96. The lowest BCUT2D eigenvalue weighted by Crippen LogP contribution is -2.19. The normalized spacial score (nSPS) is 10.5. The van der Waals surface area contributed by atoms with Gasteiger partial charge in [0.2, 0.25) is 11.8 Å². The van der Waals surface area contributed by atoms with Crippen LogP contribution in [0.3, 0.4) is 0 Å². The Morgan fingerprint density at radius 2 is 1.88 bits per heavy atom. The Balaban J connectivity index is 1.51. The van der Waals surface area contributed by atoms with Gasteiger partial charge in [0.15, 0.2) is 0 Å². The Bertz CT molecular complexity index is 919. The van der Waals surface area contributed by atoms with Gasteiger partial charge in [0.05, 0.1) is 29.0 Å². The molecule has 0 aliphatic heterocycles. The standard InChI is InChI=1S/C17H16FN5O2S/c1-11-20-14(10-26-11)6-16(24)22-15-7-19-23(8-15)9-17(25)21-13-4-2-12(18)3-5-13/h2-5,7-8,10H,6,9H2,1H3,(H,21,25)(H,22,24). The molecule has 3 rings (SSSR count). The minimum atomic E-state index is -0.372. The summed E-state index contributed by atoms with van der Waals surface area (Å²) >= 11 is 1.49. The van der Waals surface area contributed by atoms with Crippen LogP contribution in [0.2, 0.25) is 0 Å². The summed E-state index contributed by atoms with van der Waals surface area (Å²) in [6.07, 6.45) is 3.21. The van der Waals surface area contributed by atoms with Crippen molar-refractivity contribution in [1.82, 2.24) is 14.8 Å². The first-order chi connectivity index (χ1) is 12.5. The molecule has 0 saturated heterocycles. The van der Waals surface area contributed by atoms with Crippen LogP contribution in [0.1, 0.15) is 10.7 Å². The molecule has 1 aromatic carbocycles. The molecule has 0 aliphatic rings. The number of benzene rings is 1. The van der Waals surface area contributed by atoms with Gasteiger partial charge < -0.3 is 10.6 Å². The van der Waals surface area contributed by atoms with E-state index in [9.17, 15) is 14.0 Å². The monoisotopic (exact) mass is 373 g/mol. The van der Waals surface area contributed by atoms with Gasteiger partial charge in [0.25, 0.3) is 0 Å². The Kier molecular flexibility index (Phi) is 5.37. The maximum atomic E-state index is 12.9. The molecule has 0 bridgehead atoms. The van der Waals surface area contributed by atoms with E-state index < -0.39 is 0 Å². The largest absolute Gasteiger partial charge is 0.324 e. The number of carbonyl (C=O) groups excluding carboxylic acids is 2. The van der Waals surface area contributed by atoms with Crippen LogP contribution in [0.25, 0.3) is 0 Å². The highest BCUT2D eigenvalue weighted by atomic mass is 32.1. The molecule has 26 heavy (non-hydrogen) atoms. The SMILES string of the molecule is Cc1nc(CC(=O)Nc2cnn(CC(=O)Nc3ccc(F)cc3)c2)cs1. The zero-order valence-electron chi connectivity index (χ0n) is 13.9. The molecule has 9 heteroatoms. The highest BCUT2D eigenvalue weighted by Gasteiger charge is 2.10. The van der Waals surface area contributed by atoms with Crippen LogP contribution >= 0.6 is 11.3 Å². The number of carbonyl (C=O) groups is 2. The van der Waals surface area contributed by atoms with Gasteiger partial charge in [-0.05, 0) is 31.2 Å². The van der Waals surface area contributed by atoms with Crippen molar-refractivity contribution in [1.29, 1.82) is 0 Å². The maximum Gasteiger partial charge on any atom is 0.246 e. The molecule has 7 nitrogen and oxygen atoms in total. The molecule has 0 saturated carbocycles. The summed E-state index contributed by atoms with van der Waals surface area (Å²) < 4.78 is 14.3. The third-order valence-electron chi connectivity index (χ3n) is 3.36. The van der Waals surface area contributed by atoms with Gasteiger partial charge in [0, 0.05) is 17.3 Å². The fourth-order valence-corrected chi connectivity index (χ4v) is 2.87. The molecule has 2 heterocycles. The van der Waals surface area contributed by atoms with E-state index in [2.05, 4.69) is 20.7 Å². The highest BCUT2D eigenvalue weighted by molar-refractivity contribution is 7.09. The van der Waals surface area contributed by atoms with Gasteiger partial charge in [-0.1, -0.05) is 0 Å². The summed E-state index contributed by atoms with van der Waals surface area (Å²) in [6, 6.07) is 5.48. The Hall–Kier alpha value is -3.07. The van der Waals surface area contributed by atoms with Crippen molar-refractivity contribution in [3.63, 3.8) is 0 Å². The number of amides is 2. The summed E-state index contributed by atoms with van der Waals surface area (Å²) in [4.78, 5) is 28.2. The lowest BCUT2D eigenvalue weighted by Gasteiger charge is -2.05. The molecule has 134 valence electrons. The molecule has 0 spiro atoms. The number of anilines is 2. The molecule has 0 fully saturated rings. The zero-order valence-corrected chi connectivity index (χ0v) is 14.7. The van der Waals surface area contributed by atoms with Crippen LogP contribution in [0.4, 0.5) is 15.8 Å². The Morgan fingerprint density at radius 3 is 2.58 bits per heavy atom. The number of hydrogen-bond acceptors (Lipinski definition) is 5. The summed E-state index contributed by atoms with van der Waals surface area (Å²) in [5.41, 5.74) is 1.71. The number of nitrogens with one attached hydrogen (secondary N) is 2. The van der Waals surface area contributed by atoms with E-state index >= 15 is 0 Å². The molecule has 2 aromatic heterocycles. The number of aryl methyl sites for hydroxylation is 1. The summed E-state index contributed by atoms with van der Waals surface area (Å²) in [7, 11) is 0. The quantitative estimate of drug-likeness (QED) is 0.695. The van der Waals surface area contributed by atoms with Crippen LogP contribution in [-0.2, 0) is 22.6 Å². The van der Waals surface area contributed by atoms with E-state index in [1.165, 1.54) is 46.5 Å². The second kappa shape index (κ2) is 7.87. The summed E-state index contributed by atoms with van der Waals surface area (Å²) in [5.74, 6) is -0.885. The molecule has 2 amide bonds. The lowest BCUT2D eigenvalue weighted by molar-refractivity contribution is -0.117. The van der Waals surface area contributed by atoms with Crippen molar-refractivity contribution < 1.29 is 14.0 Å². The van der Waals surface area contributed by atoms with Crippen LogP contribution in [-0.4, -0.2) is 26.6 Å². The van der Waals surface area contributed by atoms with Gasteiger partial charge in [-0.15, -0.1) is 11.3 Å². The predicted molar refractivity (Wildman–Crippen MR) is 96.4 cm³/mol. The number of hydrogen-bond donors (Lipinski definition) is 2. The minimum absolute atomic E-state index is 0.0292. The van der Waals surface area contributed by atoms with Crippen molar-refractivity contribution >= 4 is 34.5 Å². The van der Waals surface area contributed by atoms with Gasteiger partial charge in [-0.25, -0.2) is 9.37 Å². The topological polar surface area (TPSA) is 88.9 Å². The average Bonchev–Trinajstić information content (AvgIpc) is 3.18. The van der Waals surface area contributed by atoms with E-state index in [1.807, 2.05) is 12.3 Å². The molecule has 0 atom stereocenters. The van der Waals surface area contributed by atoms with E-state index in [0.717, 1.165) is 10.7 Å². The van der Waals surface area contributed by atoms with Gasteiger partial charge in [-0.2, -0.15) is 5.10 Å². The van der Waals surface area contributed by atoms with Crippen LogP contribution < -0.4 is 10.6 Å². The van der Waals surface area contributed by atoms with Crippen molar-refractivity contribution in [2.45, 2.75) is 19.9 Å². The van der Waals surface area contributed by atoms with Crippen LogP contribution in [0.15, 0.2) is 42.0 Å². The van der Waals surface area contributed by atoms with Crippen molar-refractivity contribution in [2.24, 2.45) is 0 Å². The molecule has 2 N–H and O–H groups in total. The Labute approximate surface area is 152 Å². The zero-order chi connectivity index (χ0) is 18.5. The molecule has 0 unspecified atom stereocenters. The van der Waals surface area contributed by atoms with Crippen molar-refractivity contribution in [2.75, 3.05) is 10.6 Å². The number of halogens is 1. The fourth-order valence-electron chi connectivity index (χ4n) is 2.25. The summed E-state index contributed by atoms with van der Waals surface area (Å²) in [6.45, 7) is 1.85. The second-order valence-electron chi connectivity index (χ2n) is 5.56. The predicted octanol–water partition coefficient (Wildman–Crippen LogP) is 2.61. The second-order valence-corrected chi connectivity index (χ2v) is 6.63. The van der Waals surface area contributed by atoms with Crippen molar-refractivity contribution in [3.8, 4) is 0 Å². The lowest BCUT2D eigenvalue weighted by atomic mass is 10.3. The number of thiazole rings is 1. The van der Waals surface area contributed by atoms with Crippen LogP contribution in [0, 0.1) is 12.7 Å². The van der Waals surface area contributed by atoms with Crippen molar-refractivity contribution in [3.05, 3.63) is 58.6 Å². The molecule has 0 radical (unpaired) electrons. The molecular weight excluding hydrogens is 357 g/mol. The fraction of sp³-hybridized carbons (Fsp3) is 0.176. The first-order valence-electron chi connectivity index (χ1n) is 7.76. The minimum Gasteiger partial charge on any atom is -0.324 e. The number of aromatic nitrogens is 3. The number of rotatable bonds is 6. The van der Waals surface area contributed by atoms with Gasteiger partial charge in [0.1, 0.15) is 12.4 Å². The van der Waals surface area contributed by atoms with E-state index in [-0.39, 0.29) is 30.6 Å². The smallest absolute Gasteiger partial charge is 0.246 e. The first-order valence-corrected chi connectivity index (χ1v) is 8.64. The molecule has 0 aliphatic carbocycles. The average molecular weight is 373 g/mol. The van der Waals surface area contributed by atoms with E-state index in [1.54, 1.807) is 6.20 Å². The van der Waals surface area contributed by atoms with Crippen LogP contribution in [0.5, 0.6) is 0 Å². The third-order valence-corrected chi connectivity index (χ3v) is 4.18. The maximum absolute atomic E-state index is 12.9. The van der Waals surface area contributed by atoms with E-state index in [0.29, 0.717) is 11.4 Å². The van der Waals surface area contributed by atoms with E-state index in [4.69, 9.17) is 0 Å². The Morgan fingerprint density at radius 1 is 1.15 bits per heavy atom. The first kappa shape index (κ1) is 17.7. The summed E-state index contributed by atoms with van der Waals surface area (Å²) in [5, 5.41) is 12.2. The number of nitrogens with zero attached hydrogens (tertiary/aromatic N) is 3. The van der Waals surface area contributed by atoms with Gasteiger partial charge in [-0.3, -0.25) is 14.3 Å². The highest BCUT2D eigenvalue weighted by Crippen LogP contribution is 2.11. The molecule has 3 aromatic rings. The molecular formula is C17H16FN5O2S.